The van der Waals surface area contributed by atoms with Crippen LogP contribution < -0.4 is 5.32 Å². The van der Waals surface area contributed by atoms with E-state index in [4.69, 9.17) is 0 Å². The summed E-state index contributed by atoms with van der Waals surface area (Å²) in [6.07, 6.45) is 3.38. The lowest BCUT2D eigenvalue weighted by Crippen LogP contribution is -2.47. The molecule has 1 N–H and O–H groups in total. The lowest BCUT2D eigenvalue weighted by molar-refractivity contribution is -0.132. The maximum absolute atomic E-state index is 11.4. The van der Waals surface area contributed by atoms with Crippen LogP contribution in [0.25, 0.3) is 0 Å². The average Bonchev–Trinajstić information content (AvgIpc) is 2.23. The molecule has 0 aromatic carbocycles. The zero-order valence-corrected chi connectivity index (χ0v) is 7.81. The van der Waals surface area contributed by atoms with Crippen molar-refractivity contribution in [2.45, 2.75) is 6.54 Å². The van der Waals surface area contributed by atoms with Crippen molar-refractivity contribution in [3.8, 4) is 0 Å². The highest BCUT2D eigenvalue weighted by Gasteiger charge is 2.18. The Morgan fingerprint density at radius 2 is 2.21 bits per heavy atom. The van der Waals surface area contributed by atoms with E-state index in [1.807, 2.05) is 0 Å². The summed E-state index contributed by atoms with van der Waals surface area (Å²) in [6, 6.07) is 1.77. The van der Waals surface area contributed by atoms with Gasteiger partial charge in [0, 0.05) is 25.5 Å². The largest absolute Gasteiger partial charge is 0.333 e. The zero-order chi connectivity index (χ0) is 9.80. The van der Waals surface area contributed by atoms with E-state index in [1.165, 1.54) is 0 Å². The van der Waals surface area contributed by atoms with E-state index >= 15 is 0 Å². The Morgan fingerprint density at radius 3 is 2.93 bits per heavy atom. The van der Waals surface area contributed by atoms with Gasteiger partial charge in [0.2, 0.25) is 5.91 Å². The molecule has 1 aliphatic heterocycles. The van der Waals surface area contributed by atoms with Crippen molar-refractivity contribution in [2.24, 2.45) is 0 Å². The van der Waals surface area contributed by atoms with E-state index in [0.29, 0.717) is 18.9 Å². The van der Waals surface area contributed by atoms with Crippen molar-refractivity contribution in [1.29, 1.82) is 0 Å². The number of aromatic nitrogens is 2. The monoisotopic (exact) mass is 192 g/mol. The Balaban J connectivity index is 2.00. The van der Waals surface area contributed by atoms with Gasteiger partial charge < -0.3 is 10.2 Å². The van der Waals surface area contributed by atoms with E-state index in [2.05, 4.69) is 15.3 Å². The maximum atomic E-state index is 11.4. The van der Waals surface area contributed by atoms with Gasteiger partial charge in [-0.05, 0) is 6.07 Å². The molecule has 0 saturated carbocycles. The van der Waals surface area contributed by atoms with Gasteiger partial charge in [-0.25, -0.2) is 9.97 Å². The zero-order valence-electron chi connectivity index (χ0n) is 7.81. The number of carbonyl (C=O) groups excluding carboxylic acids is 1. The van der Waals surface area contributed by atoms with Gasteiger partial charge in [0.15, 0.2) is 0 Å². The van der Waals surface area contributed by atoms with Gasteiger partial charge in [0.05, 0.1) is 13.1 Å². The summed E-state index contributed by atoms with van der Waals surface area (Å²) >= 11 is 0. The summed E-state index contributed by atoms with van der Waals surface area (Å²) in [6.45, 7) is 2.52. The first-order valence-electron chi connectivity index (χ1n) is 4.60. The third-order valence-electron chi connectivity index (χ3n) is 2.14. The molecule has 5 heteroatoms. The highest BCUT2D eigenvalue weighted by molar-refractivity contribution is 5.78. The molecule has 14 heavy (non-hydrogen) atoms. The molecule has 5 nitrogen and oxygen atoms in total. The highest BCUT2D eigenvalue weighted by atomic mass is 16.2. The predicted octanol–water partition coefficient (Wildman–Crippen LogP) is -0.592. The van der Waals surface area contributed by atoms with Crippen molar-refractivity contribution < 1.29 is 4.79 Å². The van der Waals surface area contributed by atoms with Crippen LogP contribution in [0.4, 0.5) is 0 Å². The van der Waals surface area contributed by atoms with Crippen molar-refractivity contribution in [2.75, 3.05) is 19.6 Å². The summed E-state index contributed by atoms with van der Waals surface area (Å²) in [5, 5.41) is 3.02. The van der Waals surface area contributed by atoms with Crippen LogP contribution in [0.5, 0.6) is 0 Å². The van der Waals surface area contributed by atoms with Crippen molar-refractivity contribution in [3.05, 3.63) is 24.3 Å². The van der Waals surface area contributed by atoms with Gasteiger partial charge in [-0.15, -0.1) is 0 Å². The van der Waals surface area contributed by atoms with Crippen LogP contribution in [0.15, 0.2) is 18.5 Å². The second-order valence-electron chi connectivity index (χ2n) is 3.16. The Bertz CT molecular complexity index is 314. The van der Waals surface area contributed by atoms with Crippen LogP contribution in [0, 0.1) is 0 Å². The molecular weight excluding hydrogens is 180 g/mol. The van der Waals surface area contributed by atoms with E-state index < -0.39 is 0 Å². The molecule has 0 aliphatic carbocycles. The molecule has 0 unspecified atom stereocenters. The fourth-order valence-electron chi connectivity index (χ4n) is 1.40. The number of nitrogens with zero attached hydrogens (tertiary/aromatic N) is 3. The third kappa shape index (κ3) is 2.05. The summed E-state index contributed by atoms with van der Waals surface area (Å²) in [4.78, 5) is 21.3. The number of rotatable bonds is 2. The number of carbonyl (C=O) groups is 1. The first kappa shape index (κ1) is 9.08. The maximum Gasteiger partial charge on any atom is 0.236 e. The molecule has 2 rings (SSSR count). The van der Waals surface area contributed by atoms with Crippen LogP contribution in [-0.4, -0.2) is 40.4 Å². The van der Waals surface area contributed by atoms with Gasteiger partial charge in [0.1, 0.15) is 5.82 Å². The molecule has 1 saturated heterocycles. The van der Waals surface area contributed by atoms with Crippen LogP contribution in [0.3, 0.4) is 0 Å². The highest BCUT2D eigenvalue weighted by Crippen LogP contribution is 2.00. The fourth-order valence-corrected chi connectivity index (χ4v) is 1.40. The Labute approximate surface area is 82.2 Å². The topological polar surface area (TPSA) is 58.1 Å². The van der Waals surface area contributed by atoms with Gasteiger partial charge in [0.25, 0.3) is 0 Å². The number of amides is 1. The molecule has 2 heterocycles. The average molecular weight is 192 g/mol. The normalized spacial score (nSPS) is 17.1. The minimum atomic E-state index is 0.115. The van der Waals surface area contributed by atoms with Crippen molar-refractivity contribution in [3.63, 3.8) is 0 Å². The second kappa shape index (κ2) is 4.15. The predicted molar refractivity (Wildman–Crippen MR) is 50.3 cm³/mol. The smallest absolute Gasteiger partial charge is 0.236 e. The molecule has 0 radical (unpaired) electrons. The minimum Gasteiger partial charge on any atom is -0.333 e. The van der Waals surface area contributed by atoms with E-state index in [9.17, 15) is 4.79 Å². The number of piperazine rings is 1. The van der Waals surface area contributed by atoms with E-state index in [0.717, 1.165) is 13.1 Å². The lowest BCUT2D eigenvalue weighted by Gasteiger charge is -2.26. The summed E-state index contributed by atoms with van der Waals surface area (Å²) in [5.74, 6) is 0.812. The third-order valence-corrected chi connectivity index (χ3v) is 2.14. The minimum absolute atomic E-state index is 0.115. The molecule has 1 aromatic rings. The molecule has 74 valence electrons. The van der Waals surface area contributed by atoms with Gasteiger partial charge >= 0.3 is 0 Å². The van der Waals surface area contributed by atoms with Crippen LogP contribution in [0.2, 0.25) is 0 Å². The molecule has 1 amide bonds. The van der Waals surface area contributed by atoms with Crippen LogP contribution in [0.1, 0.15) is 5.82 Å². The second-order valence-corrected chi connectivity index (χ2v) is 3.16. The molecule has 1 fully saturated rings. The first-order chi connectivity index (χ1) is 6.86. The molecule has 0 bridgehead atoms. The van der Waals surface area contributed by atoms with Crippen LogP contribution in [-0.2, 0) is 11.3 Å². The van der Waals surface area contributed by atoms with E-state index in [-0.39, 0.29) is 5.91 Å². The number of nitrogens with one attached hydrogen (secondary N) is 1. The molecular formula is C9H12N4O. The molecule has 1 aromatic heterocycles. The SMILES string of the molecule is O=C1CNCCN1Cc1ncccn1. The summed E-state index contributed by atoms with van der Waals surface area (Å²) in [7, 11) is 0. The summed E-state index contributed by atoms with van der Waals surface area (Å²) in [5.41, 5.74) is 0. The standard InChI is InChI=1S/C9H12N4O/c14-9-6-10-4-5-13(9)7-8-11-2-1-3-12-8/h1-3,10H,4-7H2. The molecule has 1 aliphatic rings. The Hall–Kier alpha value is -1.49. The lowest BCUT2D eigenvalue weighted by atomic mass is 10.3. The number of hydrogen-bond donors (Lipinski definition) is 1. The summed E-state index contributed by atoms with van der Waals surface area (Å²) < 4.78 is 0. The van der Waals surface area contributed by atoms with E-state index in [1.54, 1.807) is 23.4 Å². The van der Waals surface area contributed by atoms with Gasteiger partial charge in [-0.2, -0.15) is 0 Å². The number of hydrogen-bond acceptors (Lipinski definition) is 4. The van der Waals surface area contributed by atoms with Crippen molar-refractivity contribution in [1.82, 2.24) is 20.2 Å². The molecule has 0 spiro atoms. The van der Waals surface area contributed by atoms with Crippen molar-refractivity contribution >= 4 is 5.91 Å². The van der Waals surface area contributed by atoms with Crippen LogP contribution >= 0.6 is 0 Å². The quantitative estimate of drug-likeness (QED) is 0.680. The van der Waals surface area contributed by atoms with Gasteiger partial charge in [-0.3, -0.25) is 4.79 Å². The Kier molecular flexibility index (Phi) is 2.69. The first-order valence-corrected chi connectivity index (χ1v) is 4.60. The fraction of sp³-hybridized carbons (Fsp3) is 0.444. The molecule has 0 atom stereocenters. The van der Waals surface area contributed by atoms with Gasteiger partial charge in [-0.1, -0.05) is 0 Å². The Morgan fingerprint density at radius 1 is 1.43 bits per heavy atom.